The molecule has 128 valence electrons. The Balaban J connectivity index is 1.68. The van der Waals surface area contributed by atoms with Gasteiger partial charge in [-0.1, -0.05) is 60.7 Å². The molecule has 2 aromatic rings. The molecule has 0 unspecified atom stereocenters. The summed E-state index contributed by atoms with van der Waals surface area (Å²) in [7, 11) is 0. The molecule has 0 radical (unpaired) electrons. The monoisotopic (exact) mass is 334 g/mol. The minimum Gasteiger partial charge on any atom is -0.292 e. The van der Waals surface area contributed by atoms with E-state index in [2.05, 4.69) is 59.5 Å². The third-order valence-electron chi connectivity index (χ3n) is 5.47. The summed E-state index contributed by atoms with van der Waals surface area (Å²) in [4.78, 5) is 13.4. The van der Waals surface area contributed by atoms with Crippen LogP contribution in [0.15, 0.2) is 66.2 Å². The first-order chi connectivity index (χ1) is 12.2. The van der Waals surface area contributed by atoms with Crippen molar-refractivity contribution in [1.29, 1.82) is 0 Å². The van der Waals surface area contributed by atoms with Gasteiger partial charge in [0, 0.05) is 35.5 Å². The van der Waals surface area contributed by atoms with Gasteiger partial charge in [0.1, 0.15) is 0 Å². The number of hydrogen-bond acceptors (Lipinski definition) is 3. The first-order valence-corrected chi connectivity index (χ1v) is 8.87. The van der Waals surface area contributed by atoms with Crippen LogP contribution in [0.25, 0.3) is 0 Å². The first-order valence-electron chi connectivity index (χ1n) is 8.87. The second-order valence-electron chi connectivity index (χ2n) is 7.04. The normalized spacial score (nSPS) is 22.6. The van der Waals surface area contributed by atoms with Crippen LogP contribution in [-0.4, -0.2) is 22.4 Å². The Morgan fingerprint density at radius 3 is 2.64 bits per heavy atom. The van der Waals surface area contributed by atoms with E-state index in [1.165, 1.54) is 16.7 Å². The molecule has 0 spiro atoms. The van der Waals surface area contributed by atoms with E-state index >= 15 is 0 Å². The van der Waals surface area contributed by atoms with Crippen LogP contribution in [0.4, 0.5) is 0 Å². The Morgan fingerprint density at radius 1 is 1.08 bits per heavy atom. The lowest BCUT2D eigenvalue weighted by atomic mass is 9.80. The second kappa shape index (κ2) is 6.81. The molecule has 0 aromatic heterocycles. The topological polar surface area (TPSA) is 46.4 Å². The summed E-state index contributed by atoms with van der Waals surface area (Å²) in [5.74, 6) is 0.182. The lowest BCUT2D eigenvalue weighted by Gasteiger charge is -2.33. The minimum absolute atomic E-state index is 0.0373. The molecule has 2 aliphatic rings. The molecule has 1 aliphatic carbocycles. The van der Waals surface area contributed by atoms with Crippen LogP contribution in [0, 0.1) is 10.1 Å². The van der Waals surface area contributed by atoms with Gasteiger partial charge in [0.05, 0.1) is 0 Å². The van der Waals surface area contributed by atoms with E-state index < -0.39 is 0 Å². The standard InChI is InChI=1S/C21H22N2O2/c24-23(25)15-18-10-11-19-12-21(18)20-9-5-4-8-17(20)14-22(19)13-16-6-2-1-3-7-16/h1-10,19,21H,11-15H2/t19-,21-/m1/s1. The van der Waals surface area contributed by atoms with Gasteiger partial charge in [-0.05, 0) is 29.5 Å². The number of nitrogens with zero attached hydrogens (tertiary/aromatic N) is 2. The van der Waals surface area contributed by atoms with Crippen molar-refractivity contribution >= 4 is 0 Å². The van der Waals surface area contributed by atoms with Crippen molar-refractivity contribution < 1.29 is 4.92 Å². The summed E-state index contributed by atoms with van der Waals surface area (Å²) in [6, 6.07) is 19.5. The van der Waals surface area contributed by atoms with Crippen LogP contribution in [0.1, 0.15) is 35.4 Å². The van der Waals surface area contributed by atoms with Gasteiger partial charge in [0.15, 0.2) is 0 Å². The zero-order valence-corrected chi connectivity index (χ0v) is 14.2. The predicted molar refractivity (Wildman–Crippen MR) is 97.8 cm³/mol. The second-order valence-corrected chi connectivity index (χ2v) is 7.04. The first kappa shape index (κ1) is 16.0. The fourth-order valence-electron chi connectivity index (χ4n) is 4.27. The molecule has 0 amide bonds. The largest absolute Gasteiger partial charge is 0.292 e. The fraction of sp³-hybridized carbons (Fsp3) is 0.333. The molecule has 0 fully saturated rings. The zero-order valence-electron chi connectivity index (χ0n) is 14.2. The van der Waals surface area contributed by atoms with Crippen LogP contribution in [0.3, 0.4) is 0 Å². The molecule has 0 saturated carbocycles. The Bertz CT molecular complexity index is 801. The number of fused-ring (bicyclic) bond motifs is 4. The number of benzene rings is 2. The highest BCUT2D eigenvalue weighted by molar-refractivity contribution is 5.39. The molecule has 2 aromatic carbocycles. The van der Waals surface area contributed by atoms with Gasteiger partial charge in [0.2, 0.25) is 6.54 Å². The zero-order chi connectivity index (χ0) is 17.2. The Morgan fingerprint density at radius 2 is 1.84 bits per heavy atom. The van der Waals surface area contributed by atoms with Crippen molar-refractivity contribution in [1.82, 2.24) is 4.90 Å². The van der Waals surface area contributed by atoms with Crippen LogP contribution in [0.5, 0.6) is 0 Å². The summed E-state index contributed by atoms with van der Waals surface area (Å²) in [6.45, 7) is 1.79. The molecule has 4 nitrogen and oxygen atoms in total. The average molecular weight is 334 g/mol. The van der Waals surface area contributed by atoms with E-state index in [0.717, 1.165) is 31.5 Å². The maximum absolute atomic E-state index is 11.1. The van der Waals surface area contributed by atoms with Crippen LogP contribution in [0.2, 0.25) is 0 Å². The van der Waals surface area contributed by atoms with E-state index in [0.29, 0.717) is 6.04 Å². The molecule has 4 heteroatoms. The van der Waals surface area contributed by atoms with E-state index in [-0.39, 0.29) is 17.4 Å². The fourth-order valence-corrected chi connectivity index (χ4v) is 4.27. The van der Waals surface area contributed by atoms with Crippen molar-refractivity contribution in [2.75, 3.05) is 6.54 Å². The lowest BCUT2D eigenvalue weighted by molar-refractivity contribution is -0.471. The highest BCUT2D eigenvalue weighted by Gasteiger charge is 2.35. The van der Waals surface area contributed by atoms with E-state index in [1.807, 2.05) is 6.07 Å². The summed E-state index contributed by atoms with van der Waals surface area (Å²) >= 11 is 0. The highest BCUT2D eigenvalue weighted by atomic mass is 16.6. The van der Waals surface area contributed by atoms with Crippen LogP contribution < -0.4 is 0 Å². The van der Waals surface area contributed by atoms with Crippen LogP contribution >= 0.6 is 0 Å². The van der Waals surface area contributed by atoms with Crippen LogP contribution in [-0.2, 0) is 13.1 Å². The molecular weight excluding hydrogens is 312 g/mol. The minimum atomic E-state index is -0.193. The van der Waals surface area contributed by atoms with Gasteiger partial charge in [0.25, 0.3) is 0 Å². The van der Waals surface area contributed by atoms with Crippen molar-refractivity contribution in [3.63, 3.8) is 0 Å². The maximum Gasteiger partial charge on any atom is 0.225 e. The average Bonchev–Trinajstić information content (AvgIpc) is 2.74. The van der Waals surface area contributed by atoms with E-state index in [4.69, 9.17) is 0 Å². The predicted octanol–water partition coefficient (Wildman–Crippen LogP) is 4.15. The smallest absolute Gasteiger partial charge is 0.225 e. The summed E-state index contributed by atoms with van der Waals surface area (Å²) < 4.78 is 0. The Hall–Kier alpha value is -2.46. The summed E-state index contributed by atoms with van der Waals surface area (Å²) in [5, 5.41) is 11.1. The van der Waals surface area contributed by atoms with Gasteiger partial charge in [-0.3, -0.25) is 15.0 Å². The lowest BCUT2D eigenvalue weighted by Crippen LogP contribution is -2.35. The summed E-state index contributed by atoms with van der Waals surface area (Å²) in [6.07, 6.45) is 4.01. The quantitative estimate of drug-likeness (QED) is 0.479. The molecule has 0 N–H and O–H groups in total. The Kier molecular flexibility index (Phi) is 4.36. The molecule has 4 rings (SSSR count). The third-order valence-corrected chi connectivity index (χ3v) is 5.47. The van der Waals surface area contributed by atoms with Gasteiger partial charge < -0.3 is 0 Å². The molecule has 2 bridgehead atoms. The van der Waals surface area contributed by atoms with E-state index in [9.17, 15) is 10.1 Å². The van der Waals surface area contributed by atoms with Crippen molar-refractivity contribution in [2.45, 2.75) is 37.9 Å². The molecule has 2 atom stereocenters. The Labute approximate surface area is 147 Å². The summed E-state index contributed by atoms with van der Waals surface area (Å²) in [5.41, 5.74) is 4.88. The molecule has 25 heavy (non-hydrogen) atoms. The molecule has 1 aliphatic heterocycles. The molecule has 0 saturated heterocycles. The third kappa shape index (κ3) is 3.35. The molecular formula is C21H22N2O2. The van der Waals surface area contributed by atoms with Gasteiger partial charge in [-0.15, -0.1) is 0 Å². The van der Waals surface area contributed by atoms with Crippen molar-refractivity contribution in [2.24, 2.45) is 0 Å². The van der Waals surface area contributed by atoms with Crippen molar-refractivity contribution in [3.05, 3.63) is 93.1 Å². The highest BCUT2D eigenvalue weighted by Crippen LogP contribution is 2.41. The SMILES string of the molecule is O=[N+]([O-])CC1=CC[C@@H]2C[C@H]1c1ccccc1CN2Cc1ccccc1. The van der Waals surface area contributed by atoms with E-state index in [1.54, 1.807) is 0 Å². The van der Waals surface area contributed by atoms with Gasteiger partial charge in [-0.25, -0.2) is 0 Å². The van der Waals surface area contributed by atoms with Gasteiger partial charge >= 0.3 is 0 Å². The number of hydrogen-bond donors (Lipinski definition) is 0. The number of nitro groups is 1. The van der Waals surface area contributed by atoms with Crippen molar-refractivity contribution in [3.8, 4) is 0 Å². The maximum atomic E-state index is 11.1. The number of rotatable bonds is 4. The van der Waals surface area contributed by atoms with Gasteiger partial charge in [-0.2, -0.15) is 0 Å². The molecule has 1 heterocycles.